The van der Waals surface area contributed by atoms with E-state index < -0.39 is 11.4 Å². The minimum absolute atomic E-state index is 0.114. The summed E-state index contributed by atoms with van der Waals surface area (Å²) in [6, 6.07) is -0.181. The molecule has 0 spiro atoms. The van der Waals surface area contributed by atoms with Gasteiger partial charge in [0.2, 0.25) is 0 Å². The summed E-state index contributed by atoms with van der Waals surface area (Å²) in [6.07, 6.45) is 1.33. The van der Waals surface area contributed by atoms with E-state index in [0.29, 0.717) is 12.3 Å². The van der Waals surface area contributed by atoms with Crippen molar-refractivity contribution in [1.29, 1.82) is 0 Å². The second-order valence-corrected chi connectivity index (χ2v) is 5.31. The predicted octanol–water partition coefficient (Wildman–Crippen LogP) is 2.22. The van der Waals surface area contributed by atoms with Gasteiger partial charge in [0.05, 0.1) is 5.41 Å². The normalized spacial score (nSPS) is 15.9. The van der Waals surface area contributed by atoms with Crippen molar-refractivity contribution in [3.63, 3.8) is 0 Å². The van der Waals surface area contributed by atoms with Crippen LogP contribution in [0.5, 0.6) is 0 Å². The summed E-state index contributed by atoms with van der Waals surface area (Å²) in [5.41, 5.74) is -0.906. The molecule has 0 aromatic heterocycles. The lowest BCUT2D eigenvalue weighted by atomic mass is 9.88. The van der Waals surface area contributed by atoms with Crippen LogP contribution in [0.4, 0.5) is 4.79 Å². The number of carbonyl (C=O) groups is 2. The molecule has 2 amide bonds. The van der Waals surface area contributed by atoms with Gasteiger partial charge in [-0.15, -0.1) is 0 Å². The first kappa shape index (κ1) is 16.7. The summed E-state index contributed by atoms with van der Waals surface area (Å²) in [5.74, 6) is -0.529. The van der Waals surface area contributed by atoms with Crippen LogP contribution in [-0.4, -0.2) is 29.7 Å². The molecule has 0 aliphatic carbocycles. The zero-order chi connectivity index (χ0) is 14.3. The fraction of sp³-hybridized carbons (Fsp3) is 0.846. The molecule has 5 heteroatoms. The Labute approximate surface area is 109 Å². The molecule has 0 aromatic rings. The van der Waals surface area contributed by atoms with Gasteiger partial charge < -0.3 is 15.7 Å². The van der Waals surface area contributed by atoms with E-state index in [1.165, 1.54) is 0 Å². The fourth-order valence-corrected chi connectivity index (χ4v) is 1.59. The number of aliphatic carboxylic acids is 1. The molecule has 0 fully saturated rings. The van der Waals surface area contributed by atoms with E-state index >= 15 is 0 Å². The number of carboxylic acids is 1. The predicted molar refractivity (Wildman–Crippen MR) is 71.5 cm³/mol. The summed E-state index contributed by atoms with van der Waals surface area (Å²) in [7, 11) is 0. The number of nitrogens with one attached hydrogen (secondary N) is 2. The zero-order valence-corrected chi connectivity index (χ0v) is 12.0. The molecule has 5 nitrogen and oxygen atoms in total. The summed E-state index contributed by atoms with van der Waals surface area (Å²) in [5, 5.41) is 14.6. The van der Waals surface area contributed by atoms with Gasteiger partial charge in [0.15, 0.2) is 0 Å². The Kier molecular flexibility index (Phi) is 6.73. The van der Waals surface area contributed by atoms with Crippen LogP contribution < -0.4 is 10.6 Å². The SMILES string of the molecule is CCC(NC(=O)NCC(C)(CC)C(=O)O)C(C)C. The molecule has 2 unspecified atom stereocenters. The molecule has 0 bridgehead atoms. The maximum atomic E-state index is 11.7. The van der Waals surface area contributed by atoms with Crippen molar-refractivity contribution in [3.8, 4) is 0 Å². The van der Waals surface area contributed by atoms with Crippen molar-refractivity contribution in [2.24, 2.45) is 11.3 Å². The number of hydrogen-bond donors (Lipinski definition) is 3. The molecule has 18 heavy (non-hydrogen) atoms. The molecule has 106 valence electrons. The van der Waals surface area contributed by atoms with Gasteiger partial charge in [-0.25, -0.2) is 4.79 Å². The zero-order valence-electron chi connectivity index (χ0n) is 12.0. The van der Waals surface area contributed by atoms with Crippen molar-refractivity contribution >= 4 is 12.0 Å². The first-order chi connectivity index (χ1) is 8.26. The lowest BCUT2D eigenvalue weighted by Crippen LogP contribution is -2.48. The van der Waals surface area contributed by atoms with E-state index in [9.17, 15) is 9.59 Å². The van der Waals surface area contributed by atoms with E-state index in [4.69, 9.17) is 5.11 Å². The van der Waals surface area contributed by atoms with Gasteiger partial charge in [0.25, 0.3) is 0 Å². The van der Waals surface area contributed by atoms with Crippen molar-refractivity contribution in [2.75, 3.05) is 6.54 Å². The Morgan fingerprint density at radius 1 is 1.28 bits per heavy atom. The van der Waals surface area contributed by atoms with E-state index in [-0.39, 0.29) is 18.6 Å². The van der Waals surface area contributed by atoms with Crippen LogP contribution in [-0.2, 0) is 4.79 Å². The molecule has 0 aliphatic heterocycles. The average Bonchev–Trinajstić information content (AvgIpc) is 2.32. The van der Waals surface area contributed by atoms with Crippen molar-refractivity contribution < 1.29 is 14.7 Å². The second-order valence-electron chi connectivity index (χ2n) is 5.31. The van der Waals surface area contributed by atoms with Gasteiger partial charge in [-0.2, -0.15) is 0 Å². The van der Waals surface area contributed by atoms with E-state index in [2.05, 4.69) is 10.6 Å². The number of carboxylic acid groups (broad SMARTS) is 1. The summed E-state index contributed by atoms with van der Waals surface area (Å²) < 4.78 is 0. The Morgan fingerprint density at radius 2 is 1.83 bits per heavy atom. The first-order valence-corrected chi connectivity index (χ1v) is 6.54. The number of carbonyl (C=O) groups excluding carboxylic acids is 1. The molecular formula is C13H26N2O3. The molecule has 0 saturated heterocycles. The minimum atomic E-state index is -0.906. The maximum absolute atomic E-state index is 11.7. The molecule has 3 N–H and O–H groups in total. The third-order valence-corrected chi connectivity index (χ3v) is 3.50. The first-order valence-electron chi connectivity index (χ1n) is 6.54. The van der Waals surface area contributed by atoms with Gasteiger partial charge in [-0.05, 0) is 25.7 Å². The molecule has 0 saturated carbocycles. The lowest BCUT2D eigenvalue weighted by Gasteiger charge is -2.25. The van der Waals surface area contributed by atoms with Crippen molar-refractivity contribution in [1.82, 2.24) is 10.6 Å². The van der Waals surface area contributed by atoms with Crippen LogP contribution in [0.1, 0.15) is 47.5 Å². The van der Waals surface area contributed by atoms with Crippen LogP contribution >= 0.6 is 0 Å². The third-order valence-electron chi connectivity index (χ3n) is 3.50. The summed E-state index contributed by atoms with van der Waals surface area (Å²) in [6.45, 7) is 9.67. The highest BCUT2D eigenvalue weighted by atomic mass is 16.4. The van der Waals surface area contributed by atoms with Crippen LogP contribution in [0.15, 0.2) is 0 Å². The molecule has 0 rings (SSSR count). The van der Waals surface area contributed by atoms with Crippen molar-refractivity contribution in [2.45, 2.75) is 53.5 Å². The van der Waals surface area contributed by atoms with Gasteiger partial charge >= 0.3 is 12.0 Å². The number of urea groups is 1. The highest BCUT2D eigenvalue weighted by Gasteiger charge is 2.31. The molecule has 2 atom stereocenters. The highest BCUT2D eigenvalue weighted by Crippen LogP contribution is 2.19. The molecule has 0 aromatic carbocycles. The Hall–Kier alpha value is -1.26. The molecular weight excluding hydrogens is 232 g/mol. The molecule has 0 heterocycles. The van der Waals surface area contributed by atoms with Gasteiger partial charge in [0, 0.05) is 12.6 Å². The van der Waals surface area contributed by atoms with Gasteiger partial charge in [0.1, 0.15) is 0 Å². The summed E-state index contributed by atoms with van der Waals surface area (Å²) >= 11 is 0. The smallest absolute Gasteiger partial charge is 0.315 e. The molecule has 0 radical (unpaired) electrons. The second kappa shape index (κ2) is 7.24. The Bertz CT molecular complexity index is 292. The highest BCUT2D eigenvalue weighted by molar-refractivity contribution is 5.77. The van der Waals surface area contributed by atoms with E-state index in [0.717, 1.165) is 6.42 Å². The van der Waals surface area contributed by atoms with Crippen LogP contribution in [0.2, 0.25) is 0 Å². The van der Waals surface area contributed by atoms with Crippen LogP contribution in [0, 0.1) is 11.3 Å². The minimum Gasteiger partial charge on any atom is -0.481 e. The monoisotopic (exact) mass is 258 g/mol. The van der Waals surface area contributed by atoms with Crippen molar-refractivity contribution in [3.05, 3.63) is 0 Å². The maximum Gasteiger partial charge on any atom is 0.315 e. The van der Waals surface area contributed by atoms with E-state index in [1.54, 1.807) is 13.8 Å². The standard InChI is InChI=1S/C13H26N2O3/c1-6-10(9(3)4)15-12(18)14-8-13(5,7-2)11(16)17/h9-10H,6-8H2,1-5H3,(H,16,17)(H2,14,15,18). The number of amides is 2. The molecule has 0 aliphatic rings. The quantitative estimate of drug-likeness (QED) is 0.655. The van der Waals surface area contributed by atoms with Gasteiger partial charge in [-0.1, -0.05) is 27.7 Å². The number of rotatable bonds is 7. The average molecular weight is 258 g/mol. The largest absolute Gasteiger partial charge is 0.481 e. The number of hydrogen-bond acceptors (Lipinski definition) is 2. The lowest BCUT2D eigenvalue weighted by molar-refractivity contribution is -0.147. The fourth-order valence-electron chi connectivity index (χ4n) is 1.59. The van der Waals surface area contributed by atoms with E-state index in [1.807, 2.05) is 20.8 Å². The Balaban J connectivity index is 4.29. The van der Waals surface area contributed by atoms with Crippen LogP contribution in [0.25, 0.3) is 0 Å². The third kappa shape index (κ3) is 4.94. The summed E-state index contributed by atoms with van der Waals surface area (Å²) in [4.78, 5) is 22.8. The van der Waals surface area contributed by atoms with Gasteiger partial charge in [-0.3, -0.25) is 4.79 Å². The van der Waals surface area contributed by atoms with Crippen LogP contribution in [0.3, 0.4) is 0 Å². The topological polar surface area (TPSA) is 78.4 Å². The Morgan fingerprint density at radius 3 is 2.17 bits per heavy atom.